The molecular formula is C16H21FN2O2. The van der Waals surface area contributed by atoms with Gasteiger partial charge in [-0.2, -0.15) is 5.26 Å². The van der Waals surface area contributed by atoms with Crippen molar-refractivity contribution in [3.63, 3.8) is 0 Å². The first-order chi connectivity index (χ1) is 9.55. The minimum Gasteiger partial charge on any atom is -0.459 e. The SMILES string of the molecule is CC(C)(C)OC(=O)C(C)(C)NCc1ccc(C#N)cc1F. The van der Waals surface area contributed by atoms with Crippen LogP contribution >= 0.6 is 0 Å². The molecule has 21 heavy (non-hydrogen) atoms. The number of nitriles is 1. The Balaban J connectivity index is 2.73. The molecule has 1 aromatic carbocycles. The first-order valence-electron chi connectivity index (χ1n) is 6.72. The Bertz CT molecular complexity index is 569. The Hall–Kier alpha value is -1.93. The number of nitrogens with one attached hydrogen (secondary N) is 1. The Morgan fingerprint density at radius 2 is 1.95 bits per heavy atom. The van der Waals surface area contributed by atoms with Crippen LogP contribution in [0, 0.1) is 17.1 Å². The highest BCUT2D eigenvalue weighted by atomic mass is 19.1. The van der Waals surface area contributed by atoms with Crippen LogP contribution < -0.4 is 5.32 Å². The quantitative estimate of drug-likeness (QED) is 0.867. The maximum atomic E-state index is 13.8. The maximum absolute atomic E-state index is 13.8. The largest absolute Gasteiger partial charge is 0.459 e. The van der Waals surface area contributed by atoms with Crippen LogP contribution in [0.5, 0.6) is 0 Å². The van der Waals surface area contributed by atoms with Gasteiger partial charge in [0.15, 0.2) is 0 Å². The van der Waals surface area contributed by atoms with E-state index in [4.69, 9.17) is 10.00 Å². The van der Waals surface area contributed by atoms with Crippen molar-refractivity contribution in [1.29, 1.82) is 5.26 Å². The monoisotopic (exact) mass is 292 g/mol. The van der Waals surface area contributed by atoms with Crippen LogP contribution in [0.3, 0.4) is 0 Å². The molecule has 0 fully saturated rings. The van der Waals surface area contributed by atoms with E-state index in [9.17, 15) is 9.18 Å². The van der Waals surface area contributed by atoms with Crippen molar-refractivity contribution in [2.24, 2.45) is 0 Å². The number of ether oxygens (including phenoxy) is 1. The zero-order valence-electron chi connectivity index (χ0n) is 13.1. The summed E-state index contributed by atoms with van der Waals surface area (Å²) in [5, 5.41) is 11.7. The molecule has 0 radical (unpaired) electrons. The van der Waals surface area contributed by atoms with Crippen LogP contribution in [0.2, 0.25) is 0 Å². The van der Waals surface area contributed by atoms with Crippen LogP contribution in [0.15, 0.2) is 18.2 Å². The third kappa shape index (κ3) is 5.16. The van der Waals surface area contributed by atoms with Gasteiger partial charge in [-0.05, 0) is 46.8 Å². The summed E-state index contributed by atoms with van der Waals surface area (Å²) < 4.78 is 19.1. The lowest BCUT2D eigenvalue weighted by Gasteiger charge is -2.29. The lowest BCUT2D eigenvalue weighted by Crippen LogP contribution is -2.49. The second-order valence-electron chi connectivity index (χ2n) is 6.40. The number of hydrogen-bond donors (Lipinski definition) is 1. The molecule has 0 aromatic heterocycles. The van der Waals surface area contributed by atoms with Crippen molar-refractivity contribution < 1.29 is 13.9 Å². The minimum atomic E-state index is -0.937. The fraction of sp³-hybridized carbons (Fsp3) is 0.500. The molecule has 0 saturated heterocycles. The van der Waals surface area contributed by atoms with E-state index in [1.165, 1.54) is 12.1 Å². The van der Waals surface area contributed by atoms with E-state index in [0.29, 0.717) is 5.56 Å². The molecule has 1 aromatic rings. The summed E-state index contributed by atoms with van der Waals surface area (Å²) in [6.07, 6.45) is 0. The summed E-state index contributed by atoms with van der Waals surface area (Å²) in [5.41, 5.74) is -0.850. The van der Waals surface area contributed by atoms with Gasteiger partial charge in [-0.3, -0.25) is 10.1 Å². The summed E-state index contributed by atoms with van der Waals surface area (Å²) in [5.74, 6) is -0.870. The highest BCUT2D eigenvalue weighted by Crippen LogP contribution is 2.16. The third-order valence-electron chi connectivity index (χ3n) is 2.81. The topological polar surface area (TPSA) is 62.1 Å². The molecule has 1 N–H and O–H groups in total. The Labute approximate surface area is 124 Å². The van der Waals surface area contributed by atoms with Gasteiger partial charge in [0, 0.05) is 12.1 Å². The first-order valence-corrected chi connectivity index (χ1v) is 6.72. The first kappa shape index (κ1) is 17.1. The molecule has 0 saturated carbocycles. The van der Waals surface area contributed by atoms with Gasteiger partial charge in [0.1, 0.15) is 17.0 Å². The van der Waals surface area contributed by atoms with Crippen molar-refractivity contribution in [1.82, 2.24) is 5.32 Å². The van der Waals surface area contributed by atoms with Gasteiger partial charge in [-0.25, -0.2) is 4.39 Å². The highest BCUT2D eigenvalue weighted by Gasteiger charge is 2.32. The van der Waals surface area contributed by atoms with E-state index >= 15 is 0 Å². The lowest BCUT2D eigenvalue weighted by atomic mass is 10.0. The van der Waals surface area contributed by atoms with E-state index in [1.54, 1.807) is 40.7 Å². The smallest absolute Gasteiger partial charge is 0.326 e. The maximum Gasteiger partial charge on any atom is 0.326 e. The standard InChI is InChI=1S/C16H21FN2O2/c1-15(2,3)21-14(20)16(4,5)19-10-12-7-6-11(9-18)8-13(12)17/h6-8,19H,10H2,1-5H3. The number of carbonyl (C=O) groups excluding carboxylic acids is 1. The normalized spacial score (nSPS) is 11.9. The molecule has 0 atom stereocenters. The number of hydrogen-bond acceptors (Lipinski definition) is 4. The predicted molar refractivity (Wildman–Crippen MR) is 77.9 cm³/mol. The van der Waals surface area contributed by atoms with E-state index in [1.807, 2.05) is 6.07 Å². The fourth-order valence-electron chi connectivity index (χ4n) is 1.55. The van der Waals surface area contributed by atoms with Crippen LogP contribution in [-0.4, -0.2) is 17.1 Å². The Morgan fingerprint density at radius 1 is 1.33 bits per heavy atom. The second kappa shape index (κ2) is 6.23. The molecule has 0 spiro atoms. The van der Waals surface area contributed by atoms with Gasteiger partial charge in [0.05, 0.1) is 11.6 Å². The van der Waals surface area contributed by atoms with Gasteiger partial charge in [0.2, 0.25) is 0 Å². The van der Waals surface area contributed by atoms with E-state index in [-0.39, 0.29) is 12.1 Å². The molecule has 0 heterocycles. The summed E-state index contributed by atoms with van der Waals surface area (Å²) >= 11 is 0. The van der Waals surface area contributed by atoms with Crippen LogP contribution in [0.4, 0.5) is 4.39 Å². The number of rotatable bonds is 4. The minimum absolute atomic E-state index is 0.170. The van der Waals surface area contributed by atoms with Crippen molar-refractivity contribution in [3.05, 3.63) is 35.1 Å². The third-order valence-corrected chi connectivity index (χ3v) is 2.81. The van der Waals surface area contributed by atoms with Gasteiger partial charge in [-0.15, -0.1) is 0 Å². The molecule has 0 aliphatic heterocycles. The van der Waals surface area contributed by atoms with Crippen LogP contribution in [-0.2, 0) is 16.1 Å². The summed E-state index contributed by atoms with van der Waals surface area (Å²) in [6, 6.07) is 6.13. The molecule has 4 nitrogen and oxygen atoms in total. The Kier molecular flexibility index (Phi) is 5.08. The van der Waals surface area contributed by atoms with Gasteiger partial charge in [-0.1, -0.05) is 6.07 Å². The number of esters is 1. The highest BCUT2D eigenvalue weighted by molar-refractivity contribution is 5.80. The zero-order valence-corrected chi connectivity index (χ0v) is 13.1. The molecule has 114 valence electrons. The van der Waals surface area contributed by atoms with Crippen molar-refractivity contribution in [3.8, 4) is 6.07 Å². The fourth-order valence-corrected chi connectivity index (χ4v) is 1.55. The summed E-state index contributed by atoms with van der Waals surface area (Å²) in [4.78, 5) is 12.1. The molecule has 0 aliphatic rings. The molecule has 0 aliphatic carbocycles. The summed E-state index contributed by atoms with van der Waals surface area (Å²) in [6.45, 7) is 8.92. The molecule has 0 unspecified atom stereocenters. The van der Waals surface area contributed by atoms with E-state index in [2.05, 4.69) is 5.32 Å². The van der Waals surface area contributed by atoms with Gasteiger partial charge < -0.3 is 4.74 Å². The van der Waals surface area contributed by atoms with Crippen molar-refractivity contribution in [2.75, 3.05) is 0 Å². The number of halogens is 1. The van der Waals surface area contributed by atoms with Crippen molar-refractivity contribution >= 4 is 5.97 Å². The lowest BCUT2D eigenvalue weighted by molar-refractivity contribution is -0.161. The molecular weight excluding hydrogens is 271 g/mol. The molecule has 1 rings (SSSR count). The van der Waals surface area contributed by atoms with Gasteiger partial charge in [0.25, 0.3) is 0 Å². The molecule has 5 heteroatoms. The zero-order chi connectivity index (χ0) is 16.3. The van der Waals surface area contributed by atoms with E-state index in [0.717, 1.165) is 0 Å². The van der Waals surface area contributed by atoms with E-state index < -0.39 is 22.9 Å². The number of benzene rings is 1. The number of nitrogens with zero attached hydrogens (tertiary/aromatic N) is 1. The van der Waals surface area contributed by atoms with Crippen LogP contribution in [0.25, 0.3) is 0 Å². The number of carbonyl (C=O) groups is 1. The average Bonchev–Trinajstić information content (AvgIpc) is 2.35. The molecule has 0 bridgehead atoms. The van der Waals surface area contributed by atoms with Crippen molar-refractivity contribution in [2.45, 2.75) is 52.3 Å². The average molecular weight is 292 g/mol. The summed E-state index contributed by atoms with van der Waals surface area (Å²) in [7, 11) is 0. The Morgan fingerprint density at radius 3 is 2.43 bits per heavy atom. The molecule has 0 amide bonds. The second-order valence-corrected chi connectivity index (χ2v) is 6.40. The van der Waals surface area contributed by atoms with Crippen LogP contribution in [0.1, 0.15) is 45.7 Å². The van der Waals surface area contributed by atoms with Gasteiger partial charge >= 0.3 is 5.97 Å². The predicted octanol–water partition coefficient (Wildman–Crippen LogP) is 2.91.